The molecule has 0 heterocycles. The van der Waals surface area contributed by atoms with Gasteiger partial charge in [0.15, 0.2) is 0 Å². The molecule has 134 valence electrons. The van der Waals surface area contributed by atoms with Gasteiger partial charge in [0.25, 0.3) is 0 Å². The van der Waals surface area contributed by atoms with Crippen LogP contribution in [0.1, 0.15) is 60.8 Å². The van der Waals surface area contributed by atoms with Crippen LogP contribution in [-0.2, 0) is 21.7 Å². The van der Waals surface area contributed by atoms with Crippen molar-refractivity contribution in [2.45, 2.75) is 73.9 Å². The molecule has 4 unspecified atom stereocenters. The monoisotopic (exact) mass is 410 g/mol. The minimum Gasteiger partial charge on any atom is -1.00 e. The maximum Gasteiger partial charge on any atom is 2.00 e. The second-order valence-corrected chi connectivity index (χ2v) is 10.1. The molecule has 1 aliphatic rings. The molecule has 23 heavy (non-hydrogen) atoms. The summed E-state index contributed by atoms with van der Waals surface area (Å²) in [5.41, 5.74) is 3.50. The average molecular weight is 411 g/mol. The molecule has 0 saturated heterocycles. The number of hydrogen-bond acceptors (Lipinski definition) is 0. The molecular formula is C19H36Cl2SiTi. The van der Waals surface area contributed by atoms with E-state index in [9.17, 15) is 0 Å². The van der Waals surface area contributed by atoms with Crippen molar-refractivity contribution >= 4 is 8.80 Å². The van der Waals surface area contributed by atoms with Crippen LogP contribution >= 0.6 is 0 Å². The smallest absolute Gasteiger partial charge is 1.00 e. The van der Waals surface area contributed by atoms with Crippen LogP contribution in [0, 0.1) is 23.7 Å². The van der Waals surface area contributed by atoms with Crippen molar-refractivity contribution in [1.82, 2.24) is 0 Å². The maximum atomic E-state index is 2.67. The van der Waals surface area contributed by atoms with E-state index in [2.05, 4.69) is 60.7 Å². The van der Waals surface area contributed by atoms with Crippen LogP contribution in [0.3, 0.4) is 0 Å². The van der Waals surface area contributed by atoms with E-state index in [1.807, 2.05) is 5.20 Å². The molecule has 0 amide bonds. The second-order valence-electron chi connectivity index (χ2n) is 7.18. The largest absolute Gasteiger partial charge is 2.00 e. The molecule has 1 rings (SSSR count). The van der Waals surface area contributed by atoms with E-state index in [1.54, 1.807) is 11.1 Å². The average Bonchev–Trinajstić information content (AvgIpc) is 2.85. The standard InChI is InChI=1S/C19H36Si.2ClH.Ti/c1-9-13(4)16-12-17(14(5)10-2)19(20(7)8)18(16)15(6)11-3;;;/h12-15,17,20H,9-11H2,1-8H3;2*1H;/q;;;+2/p-2. The summed E-state index contributed by atoms with van der Waals surface area (Å²) in [6.45, 7) is 19.4. The Kier molecular flexibility index (Phi) is 16.6. The first kappa shape index (κ1) is 28.8. The van der Waals surface area contributed by atoms with Gasteiger partial charge in [-0.15, -0.1) is 0 Å². The predicted octanol–water partition coefficient (Wildman–Crippen LogP) is 0.00890. The SMILES string of the molecule is CCC(C)C1=CC(C(C)CC)C([SiH](C)C)=C1C(C)CC.[Cl-].[Cl-].[Ti+2]. The number of allylic oxidation sites excluding steroid dienone is 4. The van der Waals surface area contributed by atoms with Gasteiger partial charge in [0.1, 0.15) is 0 Å². The zero-order valence-electron chi connectivity index (χ0n) is 16.3. The molecule has 0 bridgehead atoms. The molecule has 4 heteroatoms. The Hall–Kier alpha value is 0.991. The maximum absolute atomic E-state index is 2.67. The van der Waals surface area contributed by atoms with Crippen molar-refractivity contribution in [2.75, 3.05) is 0 Å². The molecule has 0 fully saturated rings. The minimum atomic E-state index is -0.742. The van der Waals surface area contributed by atoms with Gasteiger partial charge >= 0.3 is 21.7 Å². The summed E-state index contributed by atoms with van der Waals surface area (Å²) in [5.74, 6) is 3.03. The molecule has 0 aromatic carbocycles. The fourth-order valence-electron chi connectivity index (χ4n) is 3.56. The number of hydrogen-bond donors (Lipinski definition) is 0. The van der Waals surface area contributed by atoms with Crippen molar-refractivity contribution in [3.8, 4) is 0 Å². The second kappa shape index (κ2) is 13.2. The molecule has 4 atom stereocenters. The van der Waals surface area contributed by atoms with Gasteiger partial charge in [-0.25, -0.2) is 0 Å². The summed E-state index contributed by atoms with van der Waals surface area (Å²) in [7, 11) is -0.742. The minimum absolute atomic E-state index is 0. The fraction of sp³-hybridized carbons (Fsp3) is 0.789. The summed E-state index contributed by atoms with van der Waals surface area (Å²) in [6.07, 6.45) is 6.52. The van der Waals surface area contributed by atoms with Gasteiger partial charge in [0, 0.05) is 0 Å². The van der Waals surface area contributed by atoms with Crippen molar-refractivity contribution in [3.63, 3.8) is 0 Å². The van der Waals surface area contributed by atoms with Gasteiger partial charge in [-0.3, -0.25) is 0 Å². The van der Waals surface area contributed by atoms with Crippen molar-refractivity contribution in [3.05, 3.63) is 22.4 Å². The zero-order chi connectivity index (χ0) is 15.4. The summed E-state index contributed by atoms with van der Waals surface area (Å²) in [6, 6.07) is 0. The Bertz CT molecular complexity index is 391. The van der Waals surface area contributed by atoms with E-state index in [-0.39, 0.29) is 46.5 Å². The summed E-state index contributed by atoms with van der Waals surface area (Å²) in [5, 5.41) is 1.89. The molecule has 0 aromatic heterocycles. The van der Waals surface area contributed by atoms with E-state index < -0.39 is 8.80 Å². The van der Waals surface area contributed by atoms with E-state index in [4.69, 9.17) is 0 Å². The van der Waals surface area contributed by atoms with Gasteiger partial charge in [0.2, 0.25) is 0 Å². The van der Waals surface area contributed by atoms with Gasteiger partial charge < -0.3 is 24.8 Å². The van der Waals surface area contributed by atoms with Gasteiger partial charge in [-0.2, -0.15) is 0 Å². The van der Waals surface area contributed by atoms with Crippen molar-refractivity contribution in [1.29, 1.82) is 0 Å². The summed E-state index contributed by atoms with van der Waals surface area (Å²) in [4.78, 5) is 0. The molecule has 0 saturated carbocycles. The Morgan fingerprint density at radius 2 is 1.39 bits per heavy atom. The molecule has 0 aromatic rings. The van der Waals surface area contributed by atoms with Crippen LogP contribution in [0.5, 0.6) is 0 Å². The molecular weight excluding hydrogens is 375 g/mol. The van der Waals surface area contributed by atoms with Gasteiger partial charge in [0.05, 0.1) is 8.80 Å². The molecule has 0 spiro atoms. The Labute approximate surface area is 174 Å². The normalized spacial score (nSPS) is 20.9. The van der Waals surface area contributed by atoms with Gasteiger partial charge in [-0.05, 0) is 47.7 Å². The fourth-order valence-corrected chi connectivity index (χ4v) is 5.83. The Morgan fingerprint density at radius 3 is 1.74 bits per heavy atom. The summed E-state index contributed by atoms with van der Waals surface area (Å²) >= 11 is 0. The van der Waals surface area contributed by atoms with E-state index >= 15 is 0 Å². The van der Waals surface area contributed by atoms with Crippen molar-refractivity contribution < 1.29 is 46.5 Å². The molecule has 1 aliphatic carbocycles. The quantitative estimate of drug-likeness (QED) is 0.518. The third-order valence-electron chi connectivity index (χ3n) is 5.47. The van der Waals surface area contributed by atoms with E-state index in [0.717, 1.165) is 23.7 Å². The van der Waals surface area contributed by atoms with Crippen LogP contribution in [-0.4, -0.2) is 8.80 Å². The van der Waals surface area contributed by atoms with E-state index in [0.29, 0.717) is 0 Å². The van der Waals surface area contributed by atoms with Crippen LogP contribution in [0.2, 0.25) is 13.1 Å². The van der Waals surface area contributed by atoms with Crippen LogP contribution < -0.4 is 24.8 Å². The van der Waals surface area contributed by atoms with Crippen LogP contribution in [0.4, 0.5) is 0 Å². The third kappa shape index (κ3) is 6.66. The Morgan fingerprint density at radius 1 is 0.913 bits per heavy atom. The van der Waals surface area contributed by atoms with Crippen LogP contribution in [0.15, 0.2) is 22.4 Å². The molecule has 0 radical (unpaired) electrons. The predicted molar refractivity (Wildman–Crippen MR) is 95.8 cm³/mol. The molecule has 0 aliphatic heterocycles. The first-order valence-corrected chi connectivity index (χ1v) is 11.7. The molecule has 0 nitrogen and oxygen atoms in total. The van der Waals surface area contributed by atoms with Gasteiger partial charge in [-0.1, -0.05) is 72.3 Å². The number of halogens is 2. The first-order valence-electron chi connectivity index (χ1n) is 8.84. The van der Waals surface area contributed by atoms with E-state index in [1.165, 1.54) is 19.3 Å². The number of rotatable bonds is 7. The zero-order valence-corrected chi connectivity index (χ0v) is 20.6. The summed E-state index contributed by atoms with van der Waals surface area (Å²) < 4.78 is 0. The topological polar surface area (TPSA) is 0 Å². The Balaban J connectivity index is -0.00000133. The third-order valence-corrected chi connectivity index (χ3v) is 7.41. The van der Waals surface area contributed by atoms with Crippen molar-refractivity contribution in [2.24, 2.45) is 23.7 Å². The van der Waals surface area contributed by atoms with Crippen LogP contribution in [0.25, 0.3) is 0 Å². The first-order chi connectivity index (χ1) is 9.38. The molecule has 0 N–H and O–H groups in total.